The average molecular weight is 537 g/mol. The van der Waals surface area contributed by atoms with E-state index >= 15 is 0 Å². The predicted molar refractivity (Wildman–Crippen MR) is 174 cm³/mol. The van der Waals surface area contributed by atoms with Crippen molar-refractivity contribution in [1.82, 2.24) is 0 Å². The smallest absolute Gasteiger partial charge is 0.399 e. The molecule has 6 aromatic carbocycles. The molecule has 0 saturated carbocycles. The molecule has 0 unspecified atom stereocenters. The molecule has 1 saturated heterocycles. The zero-order valence-electron chi connectivity index (χ0n) is 24.1. The van der Waals surface area contributed by atoms with Crippen molar-refractivity contribution in [1.29, 1.82) is 0 Å². The summed E-state index contributed by atoms with van der Waals surface area (Å²) in [6.45, 7) is 13.5. The second-order valence-corrected chi connectivity index (χ2v) is 17.4. The second kappa shape index (κ2) is 7.85. The van der Waals surface area contributed by atoms with Crippen LogP contribution in [-0.4, -0.2) is 26.4 Å². The molecule has 2 nitrogen and oxygen atoms in total. The van der Waals surface area contributed by atoms with Gasteiger partial charge in [0.25, 0.3) is 0 Å². The Hall–Kier alpha value is -3.44. The third-order valence-electron chi connectivity index (χ3n) is 10.0. The summed E-state index contributed by atoms with van der Waals surface area (Å²) in [4.78, 5) is 0. The first kappa shape index (κ1) is 24.4. The fourth-order valence-electron chi connectivity index (χ4n) is 7.34. The highest BCUT2D eigenvalue weighted by Gasteiger charge is 2.51. The molecule has 0 atom stereocenters. The summed E-state index contributed by atoms with van der Waals surface area (Å²) in [6.07, 6.45) is 0. The number of hydrogen-bond acceptors (Lipinski definition) is 2. The van der Waals surface area contributed by atoms with Gasteiger partial charge in [-0.05, 0) is 97.7 Å². The van der Waals surface area contributed by atoms with Crippen molar-refractivity contribution in [3.63, 3.8) is 0 Å². The van der Waals surface area contributed by atoms with Crippen molar-refractivity contribution in [3.8, 4) is 11.1 Å². The molecule has 0 amide bonds. The molecule has 0 aliphatic carbocycles. The van der Waals surface area contributed by atoms with Gasteiger partial charge in [0, 0.05) is 0 Å². The van der Waals surface area contributed by atoms with E-state index in [2.05, 4.69) is 132 Å². The third-order valence-corrected chi connectivity index (χ3v) is 13.6. The van der Waals surface area contributed by atoms with Crippen LogP contribution in [0.4, 0.5) is 0 Å². The van der Waals surface area contributed by atoms with E-state index in [1.165, 1.54) is 54.2 Å². The van der Waals surface area contributed by atoms with Gasteiger partial charge in [-0.25, -0.2) is 0 Å². The molecular formula is C36H33BO2Si. The lowest BCUT2D eigenvalue weighted by molar-refractivity contribution is 0.00578. The van der Waals surface area contributed by atoms with Gasteiger partial charge in [-0.2, -0.15) is 0 Å². The normalized spacial score (nSPS) is 18.6. The van der Waals surface area contributed by atoms with Crippen LogP contribution >= 0.6 is 0 Å². The van der Waals surface area contributed by atoms with Crippen LogP contribution < -0.4 is 15.8 Å². The van der Waals surface area contributed by atoms with Crippen molar-refractivity contribution in [2.45, 2.75) is 52.0 Å². The lowest BCUT2D eigenvalue weighted by atomic mass is 9.77. The van der Waals surface area contributed by atoms with Gasteiger partial charge < -0.3 is 9.31 Å². The summed E-state index contributed by atoms with van der Waals surface area (Å²) in [6, 6.07) is 34.0. The summed E-state index contributed by atoms with van der Waals surface area (Å²) >= 11 is 0. The fourth-order valence-corrected chi connectivity index (χ4v) is 10.8. The van der Waals surface area contributed by atoms with Gasteiger partial charge in [0.15, 0.2) is 0 Å². The Morgan fingerprint density at radius 1 is 0.575 bits per heavy atom. The molecule has 0 bridgehead atoms. The van der Waals surface area contributed by atoms with E-state index in [-0.39, 0.29) is 18.3 Å². The largest absolute Gasteiger partial charge is 0.494 e. The molecule has 0 radical (unpaired) electrons. The minimum Gasteiger partial charge on any atom is -0.399 e. The Morgan fingerprint density at radius 2 is 1.12 bits per heavy atom. The molecule has 0 spiro atoms. The van der Waals surface area contributed by atoms with Gasteiger partial charge >= 0.3 is 7.12 Å². The molecule has 40 heavy (non-hydrogen) atoms. The summed E-state index contributed by atoms with van der Waals surface area (Å²) < 4.78 is 13.0. The Kier molecular flexibility index (Phi) is 4.78. The molecule has 4 heteroatoms. The minimum absolute atomic E-state index is 0.375. The maximum atomic E-state index is 6.48. The Labute approximate surface area is 237 Å². The first-order valence-electron chi connectivity index (χ1n) is 14.4. The van der Waals surface area contributed by atoms with Crippen molar-refractivity contribution < 1.29 is 9.31 Å². The molecule has 6 aromatic rings. The molecule has 196 valence electrons. The fraction of sp³-hybridized carbons (Fsp3) is 0.222. The van der Waals surface area contributed by atoms with Crippen molar-refractivity contribution in [2.75, 3.05) is 0 Å². The van der Waals surface area contributed by atoms with E-state index in [9.17, 15) is 0 Å². The molecule has 8 rings (SSSR count). The average Bonchev–Trinajstić information content (AvgIpc) is 3.32. The first-order valence-corrected chi connectivity index (χ1v) is 17.4. The summed E-state index contributed by atoms with van der Waals surface area (Å²) in [5.74, 6) is 0. The number of fused-ring (bicyclic) bond motifs is 13. The van der Waals surface area contributed by atoms with Crippen molar-refractivity contribution in [3.05, 3.63) is 91.0 Å². The maximum absolute atomic E-state index is 6.48. The third kappa shape index (κ3) is 3.02. The zero-order chi connectivity index (χ0) is 27.6. The molecular weight excluding hydrogens is 503 g/mol. The molecule has 2 heterocycles. The van der Waals surface area contributed by atoms with Gasteiger partial charge in [-0.15, -0.1) is 0 Å². The van der Waals surface area contributed by atoms with Crippen LogP contribution in [0.2, 0.25) is 13.1 Å². The SMILES string of the molecule is CC1(C)OB(c2ccc3c(c2)c2ccccc2c2c4c(c5ccccc5c32)-c2ccccc2[Si]4(C)C)OC1(C)C. The first-order chi connectivity index (χ1) is 19.1. The summed E-state index contributed by atoms with van der Waals surface area (Å²) in [5, 5.41) is 13.8. The van der Waals surface area contributed by atoms with Gasteiger partial charge in [-0.1, -0.05) is 104 Å². The quantitative estimate of drug-likeness (QED) is 0.161. The van der Waals surface area contributed by atoms with Crippen LogP contribution in [0.25, 0.3) is 54.2 Å². The lowest BCUT2D eigenvalue weighted by Gasteiger charge is -2.32. The summed E-state index contributed by atoms with van der Waals surface area (Å²) in [5.41, 5.74) is 3.20. The number of hydrogen-bond donors (Lipinski definition) is 0. The van der Waals surface area contributed by atoms with Crippen LogP contribution in [-0.2, 0) is 9.31 Å². The molecule has 0 N–H and O–H groups in total. The Morgan fingerprint density at radius 3 is 1.82 bits per heavy atom. The van der Waals surface area contributed by atoms with E-state index in [4.69, 9.17) is 9.31 Å². The Balaban J connectivity index is 1.54. The van der Waals surface area contributed by atoms with Crippen LogP contribution in [0.1, 0.15) is 27.7 Å². The van der Waals surface area contributed by atoms with Gasteiger partial charge in [0.1, 0.15) is 8.07 Å². The monoisotopic (exact) mass is 536 g/mol. The highest BCUT2D eigenvalue weighted by Crippen LogP contribution is 2.45. The van der Waals surface area contributed by atoms with Crippen molar-refractivity contribution >= 4 is 74.1 Å². The van der Waals surface area contributed by atoms with E-state index in [1.807, 2.05) is 0 Å². The van der Waals surface area contributed by atoms with E-state index < -0.39 is 8.07 Å². The van der Waals surface area contributed by atoms with Gasteiger partial charge in [-0.3, -0.25) is 0 Å². The molecule has 2 aliphatic rings. The molecule has 1 fully saturated rings. The van der Waals surface area contributed by atoms with Crippen LogP contribution in [0, 0.1) is 0 Å². The summed E-state index contributed by atoms with van der Waals surface area (Å²) in [7, 11) is -2.36. The highest BCUT2D eigenvalue weighted by molar-refractivity contribution is 7.05. The van der Waals surface area contributed by atoms with Crippen LogP contribution in [0.3, 0.4) is 0 Å². The minimum atomic E-state index is -1.97. The van der Waals surface area contributed by atoms with E-state index in [0.717, 1.165) is 5.46 Å². The second-order valence-electron chi connectivity index (χ2n) is 13.2. The Bertz CT molecular complexity index is 2040. The highest BCUT2D eigenvalue weighted by atomic mass is 28.3. The maximum Gasteiger partial charge on any atom is 0.494 e. The number of benzene rings is 6. The van der Waals surface area contributed by atoms with E-state index in [1.54, 1.807) is 10.4 Å². The lowest BCUT2D eigenvalue weighted by Crippen LogP contribution is -2.49. The zero-order valence-corrected chi connectivity index (χ0v) is 25.1. The van der Waals surface area contributed by atoms with Crippen molar-refractivity contribution in [2.24, 2.45) is 0 Å². The van der Waals surface area contributed by atoms with Crippen LogP contribution in [0.5, 0.6) is 0 Å². The van der Waals surface area contributed by atoms with Gasteiger partial charge in [0.05, 0.1) is 11.2 Å². The molecule has 2 aliphatic heterocycles. The predicted octanol–water partition coefficient (Wildman–Crippen LogP) is 7.40. The number of rotatable bonds is 1. The van der Waals surface area contributed by atoms with Crippen LogP contribution in [0.15, 0.2) is 91.0 Å². The standard InChI is InChI=1S/C36H33BO2Si/c1-35(2)36(3,4)39-37(38-35)22-19-20-27-29(21-22)23-13-7-8-14-24(23)33-31(27)25-15-9-10-16-26(25)32-28-17-11-12-18-30(28)40(5,6)34(32)33/h7-21H,1-6H3. The van der Waals surface area contributed by atoms with Gasteiger partial charge in [0.2, 0.25) is 0 Å². The molecule has 0 aromatic heterocycles. The topological polar surface area (TPSA) is 18.5 Å². The van der Waals surface area contributed by atoms with E-state index in [0.29, 0.717) is 0 Å².